The third-order valence-corrected chi connectivity index (χ3v) is 7.09. The third kappa shape index (κ3) is 4.12. The average Bonchev–Trinajstić information content (AvgIpc) is 2.73. The number of H-pyrrole nitrogens is 1. The standard InChI is InChI=1S/C21H22N4O4S/c1-14-4-2-6-19(22-14)24-21(27)16-5-3-11-25(13-16)30(28,29)17-8-9-18-15(12-17)7-10-20(26)23-18/h2,4,6-10,12,16H,3,5,11,13H2,1H3,(H,23,26)(H,22,24,27)/t16-/m1/s1. The van der Waals surface area contributed by atoms with E-state index in [1.54, 1.807) is 24.3 Å². The van der Waals surface area contributed by atoms with Crippen LogP contribution in [0.3, 0.4) is 0 Å². The van der Waals surface area contributed by atoms with E-state index in [4.69, 9.17) is 0 Å². The minimum atomic E-state index is -3.76. The Kier molecular flexibility index (Phi) is 5.40. The molecule has 1 aliphatic rings. The quantitative estimate of drug-likeness (QED) is 0.665. The molecule has 9 heteroatoms. The molecule has 0 bridgehead atoms. The van der Waals surface area contributed by atoms with Crippen LogP contribution in [0, 0.1) is 12.8 Å². The van der Waals surface area contributed by atoms with Crippen molar-refractivity contribution in [1.29, 1.82) is 0 Å². The zero-order chi connectivity index (χ0) is 21.3. The summed E-state index contributed by atoms with van der Waals surface area (Å²) in [5, 5.41) is 3.42. The van der Waals surface area contributed by atoms with Crippen molar-refractivity contribution < 1.29 is 13.2 Å². The van der Waals surface area contributed by atoms with Crippen molar-refractivity contribution >= 4 is 32.7 Å². The molecule has 0 radical (unpaired) electrons. The summed E-state index contributed by atoms with van der Waals surface area (Å²) in [6.45, 7) is 2.31. The highest BCUT2D eigenvalue weighted by molar-refractivity contribution is 7.89. The van der Waals surface area contributed by atoms with Gasteiger partial charge in [-0.2, -0.15) is 4.31 Å². The van der Waals surface area contributed by atoms with E-state index in [0.29, 0.717) is 36.1 Å². The molecular weight excluding hydrogens is 404 g/mol. The van der Waals surface area contributed by atoms with Crippen molar-refractivity contribution in [3.05, 3.63) is 64.6 Å². The highest BCUT2D eigenvalue weighted by Gasteiger charge is 2.33. The molecule has 0 spiro atoms. The fourth-order valence-electron chi connectivity index (χ4n) is 3.66. The first-order chi connectivity index (χ1) is 14.3. The molecule has 0 aliphatic carbocycles. The van der Waals surface area contributed by atoms with Crippen LogP contribution in [-0.2, 0) is 14.8 Å². The van der Waals surface area contributed by atoms with E-state index in [1.165, 1.54) is 16.4 Å². The molecule has 1 atom stereocenters. The number of carbonyl (C=O) groups is 1. The first kappa shape index (κ1) is 20.2. The molecule has 0 saturated carbocycles. The second kappa shape index (κ2) is 8.00. The molecule has 3 aromatic rings. The van der Waals surface area contributed by atoms with E-state index in [2.05, 4.69) is 15.3 Å². The van der Waals surface area contributed by atoms with E-state index in [1.807, 2.05) is 19.1 Å². The van der Waals surface area contributed by atoms with Gasteiger partial charge in [0.1, 0.15) is 5.82 Å². The Morgan fingerprint density at radius 3 is 2.83 bits per heavy atom. The predicted octanol–water partition coefficient (Wildman–Crippen LogP) is 2.27. The number of nitrogens with one attached hydrogen (secondary N) is 2. The highest BCUT2D eigenvalue weighted by atomic mass is 32.2. The van der Waals surface area contributed by atoms with Gasteiger partial charge in [0.15, 0.2) is 0 Å². The number of hydrogen-bond acceptors (Lipinski definition) is 5. The fourth-order valence-corrected chi connectivity index (χ4v) is 5.22. The first-order valence-corrected chi connectivity index (χ1v) is 11.1. The monoisotopic (exact) mass is 426 g/mol. The molecule has 1 aromatic carbocycles. The Morgan fingerprint density at radius 2 is 2.03 bits per heavy atom. The number of carbonyl (C=O) groups excluding carboxylic acids is 1. The number of pyridine rings is 2. The van der Waals surface area contributed by atoms with E-state index in [9.17, 15) is 18.0 Å². The van der Waals surface area contributed by atoms with Crippen molar-refractivity contribution in [3.8, 4) is 0 Å². The van der Waals surface area contributed by atoms with E-state index >= 15 is 0 Å². The van der Waals surface area contributed by atoms with Gasteiger partial charge < -0.3 is 10.3 Å². The van der Waals surface area contributed by atoms with Gasteiger partial charge in [0.2, 0.25) is 21.5 Å². The lowest BCUT2D eigenvalue weighted by molar-refractivity contribution is -0.120. The summed E-state index contributed by atoms with van der Waals surface area (Å²) in [4.78, 5) is 31.2. The van der Waals surface area contributed by atoms with Gasteiger partial charge in [-0.25, -0.2) is 13.4 Å². The number of hydrogen-bond donors (Lipinski definition) is 2. The molecule has 3 heterocycles. The Balaban J connectivity index is 1.53. The van der Waals surface area contributed by atoms with Gasteiger partial charge in [-0.3, -0.25) is 9.59 Å². The average molecular weight is 426 g/mol. The molecule has 1 saturated heterocycles. The number of nitrogens with zero attached hydrogens (tertiary/aromatic N) is 2. The van der Waals surface area contributed by atoms with Gasteiger partial charge in [0, 0.05) is 30.4 Å². The third-order valence-electron chi connectivity index (χ3n) is 5.23. The van der Waals surface area contributed by atoms with Crippen LogP contribution >= 0.6 is 0 Å². The SMILES string of the molecule is Cc1cccc(NC(=O)[C@@H]2CCCN(S(=O)(=O)c3ccc4[nH]c(=O)ccc4c3)C2)n1. The normalized spacial score (nSPS) is 17.7. The number of aromatic nitrogens is 2. The summed E-state index contributed by atoms with van der Waals surface area (Å²) in [6, 6.07) is 12.9. The summed E-state index contributed by atoms with van der Waals surface area (Å²) < 4.78 is 27.7. The fraction of sp³-hybridized carbons (Fsp3) is 0.286. The predicted molar refractivity (Wildman–Crippen MR) is 114 cm³/mol. The molecule has 2 aromatic heterocycles. The lowest BCUT2D eigenvalue weighted by Crippen LogP contribution is -2.43. The van der Waals surface area contributed by atoms with Crippen molar-refractivity contribution in [2.24, 2.45) is 5.92 Å². The molecule has 0 unspecified atom stereocenters. The van der Waals surface area contributed by atoms with Crippen LogP contribution < -0.4 is 10.9 Å². The van der Waals surface area contributed by atoms with Crippen LogP contribution in [-0.4, -0.2) is 41.7 Å². The van der Waals surface area contributed by atoms with Gasteiger partial charge in [-0.05, 0) is 61.5 Å². The van der Waals surface area contributed by atoms with Crippen LogP contribution in [0.5, 0.6) is 0 Å². The maximum absolute atomic E-state index is 13.2. The molecule has 4 rings (SSSR count). The molecule has 2 N–H and O–H groups in total. The molecule has 1 aliphatic heterocycles. The summed E-state index contributed by atoms with van der Waals surface area (Å²) in [6.07, 6.45) is 1.21. The van der Waals surface area contributed by atoms with Crippen LogP contribution in [0.4, 0.5) is 5.82 Å². The number of aromatic amines is 1. The Morgan fingerprint density at radius 1 is 1.20 bits per heavy atom. The second-order valence-electron chi connectivity index (χ2n) is 7.43. The maximum atomic E-state index is 13.2. The van der Waals surface area contributed by atoms with E-state index in [0.717, 1.165) is 5.69 Å². The van der Waals surface area contributed by atoms with Gasteiger partial charge in [-0.1, -0.05) is 6.07 Å². The Bertz CT molecular complexity index is 1270. The Hall–Kier alpha value is -3.04. The number of rotatable bonds is 4. The van der Waals surface area contributed by atoms with Crippen molar-refractivity contribution in [3.63, 3.8) is 0 Å². The maximum Gasteiger partial charge on any atom is 0.248 e. The summed E-state index contributed by atoms with van der Waals surface area (Å²) >= 11 is 0. The van der Waals surface area contributed by atoms with Crippen LogP contribution in [0.2, 0.25) is 0 Å². The molecular formula is C21H22N4O4S. The van der Waals surface area contributed by atoms with Gasteiger partial charge in [-0.15, -0.1) is 0 Å². The zero-order valence-electron chi connectivity index (χ0n) is 16.5. The number of aryl methyl sites for hydroxylation is 1. The molecule has 30 heavy (non-hydrogen) atoms. The number of piperidine rings is 1. The summed E-state index contributed by atoms with van der Waals surface area (Å²) in [7, 11) is -3.76. The lowest BCUT2D eigenvalue weighted by Gasteiger charge is -2.31. The summed E-state index contributed by atoms with van der Waals surface area (Å²) in [5.41, 5.74) is 1.12. The minimum absolute atomic E-state index is 0.115. The number of amides is 1. The topological polar surface area (TPSA) is 112 Å². The van der Waals surface area contributed by atoms with Crippen molar-refractivity contribution in [2.75, 3.05) is 18.4 Å². The van der Waals surface area contributed by atoms with Crippen LogP contribution in [0.1, 0.15) is 18.5 Å². The smallest absolute Gasteiger partial charge is 0.248 e. The minimum Gasteiger partial charge on any atom is -0.322 e. The largest absolute Gasteiger partial charge is 0.322 e. The van der Waals surface area contributed by atoms with Crippen molar-refractivity contribution in [2.45, 2.75) is 24.7 Å². The number of benzene rings is 1. The number of sulfonamides is 1. The van der Waals surface area contributed by atoms with Gasteiger partial charge in [0.05, 0.1) is 10.8 Å². The summed E-state index contributed by atoms with van der Waals surface area (Å²) in [5.74, 6) is -0.222. The van der Waals surface area contributed by atoms with E-state index in [-0.39, 0.29) is 22.9 Å². The van der Waals surface area contributed by atoms with Gasteiger partial charge in [0.25, 0.3) is 0 Å². The van der Waals surface area contributed by atoms with E-state index < -0.39 is 15.9 Å². The molecule has 156 valence electrons. The highest BCUT2D eigenvalue weighted by Crippen LogP contribution is 2.26. The zero-order valence-corrected chi connectivity index (χ0v) is 17.3. The van der Waals surface area contributed by atoms with Crippen molar-refractivity contribution in [1.82, 2.24) is 14.3 Å². The second-order valence-corrected chi connectivity index (χ2v) is 9.37. The van der Waals surface area contributed by atoms with Gasteiger partial charge >= 0.3 is 0 Å². The molecule has 8 nitrogen and oxygen atoms in total. The number of anilines is 1. The molecule has 1 fully saturated rings. The van der Waals surface area contributed by atoms with Crippen LogP contribution in [0.25, 0.3) is 10.9 Å². The molecule has 1 amide bonds. The number of fused-ring (bicyclic) bond motifs is 1. The van der Waals surface area contributed by atoms with Crippen LogP contribution in [0.15, 0.2) is 58.2 Å². The Labute approximate surface area is 174 Å². The lowest BCUT2D eigenvalue weighted by atomic mass is 9.99. The first-order valence-electron chi connectivity index (χ1n) is 9.71.